The van der Waals surface area contributed by atoms with Crippen molar-refractivity contribution < 1.29 is 32.2 Å². The number of nitrogens with one attached hydrogen (secondary N) is 1. The van der Waals surface area contributed by atoms with E-state index in [9.17, 15) is 18.0 Å². The van der Waals surface area contributed by atoms with Gasteiger partial charge in [0, 0.05) is 0 Å². The van der Waals surface area contributed by atoms with Crippen LogP contribution in [0.5, 0.6) is 17.2 Å². The molecule has 4 rings (SSSR count). The average molecular weight is 543 g/mol. The highest BCUT2D eigenvalue weighted by Crippen LogP contribution is 2.31. The molecule has 192 valence electrons. The number of aliphatic imine (C=N–C) groups is 1. The zero-order valence-electron chi connectivity index (χ0n) is 20.2. The van der Waals surface area contributed by atoms with Crippen LogP contribution in [0.25, 0.3) is 6.08 Å². The van der Waals surface area contributed by atoms with Gasteiger partial charge in [-0.25, -0.2) is 18.1 Å². The van der Waals surface area contributed by atoms with Gasteiger partial charge >= 0.3 is 5.97 Å². The highest BCUT2D eigenvalue weighted by Gasteiger charge is 2.43. The number of nitrogens with zero attached hydrogens (tertiary/aromatic N) is 3. The SMILES string of the molecule is COc1ccc(C(=O)Oc2ccc(/C=C3/C(=N)N4C(=NC3=O)SN=C4S(=O)(=O)C(C)C)cc2)cc1OC. The molecule has 0 atom stereocenters. The largest absolute Gasteiger partial charge is 0.493 e. The van der Waals surface area contributed by atoms with E-state index in [-0.39, 0.29) is 33.1 Å². The van der Waals surface area contributed by atoms with E-state index in [1.54, 1.807) is 24.3 Å². The van der Waals surface area contributed by atoms with Crippen LogP contribution in [-0.4, -0.2) is 60.8 Å². The highest BCUT2D eigenvalue weighted by molar-refractivity contribution is 8.16. The summed E-state index contributed by atoms with van der Waals surface area (Å²) in [5, 5.41) is 7.43. The molecular weight excluding hydrogens is 520 g/mol. The van der Waals surface area contributed by atoms with E-state index >= 15 is 0 Å². The molecule has 2 aromatic rings. The molecule has 0 radical (unpaired) electrons. The molecule has 0 unspecified atom stereocenters. The van der Waals surface area contributed by atoms with Crippen LogP contribution in [0.1, 0.15) is 29.8 Å². The van der Waals surface area contributed by atoms with Crippen molar-refractivity contribution in [2.24, 2.45) is 9.39 Å². The summed E-state index contributed by atoms with van der Waals surface area (Å²) in [6.07, 6.45) is 1.41. The Kier molecular flexibility index (Phi) is 7.18. The maximum Gasteiger partial charge on any atom is 0.343 e. The van der Waals surface area contributed by atoms with Crippen LogP contribution in [0.4, 0.5) is 0 Å². The fourth-order valence-electron chi connectivity index (χ4n) is 3.32. The second-order valence-electron chi connectivity index (χ2n) is 8.03. The van der Waals surface area contributed by atoms with Crippen LogP contribution in [0.3, 0.4) is 0 Å². The Balaban J connectivity index is 1.54. The van der Waals surface area contributed by atoms with Crippen molar-refractivity contribution >= 4 is 55.9 Å². The van der Waals surface area contributed by atoms with Gasteiger partial charge in [0.25, 0.3) is 5.91 Å². The molecule has 11 nitrogen and oxygen atoms in total. The second kappa shape index (κ2) is 10.2. The van der Waals surface area contributed by atoms with Gasteiger partial charge in [-0.1, -0.05) is 12.1 Å². The first-order valence-electron chi connectivity index (χ1n) is 10.8. The molecule has 1 N–H and O–H groups in total. The van der Waals surface area contributed by atoms with Gasteiger partial charge in [0.2, 0.25) is 20.2 Å². The number of rotatable bonds is 6. The van der Waals surface area contributed by atoms with Gasteiger partial charge in [-0.15, -0.1) is 0 Å². The standard InChI is InChI=1S/C24H22N4O7S2/c1-13(2)37(31,32)24-27-36-23-26-21(29)17(20(25)28(23)24)11-14-5-8-16(9-6-14)35-22(30)15-7-10-18(33-3)19(12-15)34-4/h5-13,25H,1-4H3/b17-11-,25-20?. The number of amidine groups is 3. The summed E-state index contributed by atoms with van der Waals surface area (Å²) in [4.78, 5) is 30.1. The summed E-state index contributed by atoms with van der Waals surface area (Å²) < 4.78 is 45.1. The normalized spacial score (nSPS) is 16.5. The Bertz CT molecular complexity index is 1490. The van der Waals surface area contributed by atoms with Crippen LogP contribution in [0.2, 0.25) is 0 Å². The smallest absolute Gasteiger partial charge is 0.343 e. The first-order valence-corrected chi connectivity index (χ1v) is 13.2. The molecular formula is C24H22N4O7S2. The quantitative estimate of drug-likeness (QED) is 0.251. The fraction of sp³-hybridized carbons (Fsp3) is 0.208. The molecule has 0 aromatic heterocycles. The Morgan fingerprint density at radius 2 is 1.76 bits per heavy atom. The van der Waals surface area contributed by atoms with Crippen molar-refractivity contribution in [3.05, 3.63) is 59.2 Å². The lowest BCUT2D eigenvalue weighted by Gasteiger charge is -2.25. The third-order valence-electron chi connectivity index (χ3n) is 5.39. The monoisotopic (exact) mass is 542 g/mol. The topological polar surface area (TPSA) is 148 Å². The molecule has 2 aliphatic rings. The molecule has 0 spiro atoms. The molecule has 2 aliphatic heterocycles. The minimum atomic E-state index is -3.81. The van der Waals surface area contributed by atoms with Crippen molar-refractivity contribution in [3.63, 3.8) is 0 Å². The van der Waals surface area contributed by atoms with Crippen molar-refractivity contribution in [1.29, 1.82) is 5.41 Å². The second-order valence-corrected chi connectivity index (χ2v) is 11.2. The number of fused-ring (bicyclic) bond motifs is 1. The molecule has 2 heterocycles. The van der Waals surface area contributed by atoms with E-state index in [2.05, 4.69) is 9.39 Å². The molecule has 1 amide bonds. The van der Waals surface area contributed by atoms with Crippen LogP contribution < -0.4 is 14.2 Å². The zero-order chi connectivity index (χ0) is 26.9. The molecule has 0 bridgehead atoms. The number of sulfone groups is 1. The number of amides is 1. The van der Waals surface area contributed by atoms with Gasteiger partial charge < -0.3 is 14.2 Å². The van der Waals surface area contributed by atoms with Crippen LogP contribution in [-0.2, 0) is 14.6 Å². The molecule has 2 aromatic carbocycles. The molecule has 37 heavy (non-hydrogen) atoms. The van der Waals surface area contributed by atoms with Crippen LogP contribution in [0, 0.1) is 5.41 Å². The number of carbonyl (C=O) groups is 2. The maximum absolute atomic E-state index is 12.7. The number of methoxy groups -OCH3 is 2. The van der Waals surface area contributed by atoms with Gasteiger partial charge in [-0.3, -0.25) is 10.2 Å². The summed E-state index contributed by atoms with van der Waals surface area (Å²) >= 11 is 0.737. The van der Waals surface area contributed by atoms with Crippen molar-refractivity contribution in [2.45, 2.75) is 19.1 Å². The third kappa shape index (κ3) is 5.00. The highest BCUT2D eigenvalue weighted by atomic mass is 32.2. The lowest BCUT2D eigenvalue weighted by Crippen LogP contribution is -2.46. The fourth-order valence-corrected chi connectivity index (χ4v) is 5.39. The van der Waals surface area contributed by atoms with E-state index in [1.165, 1.54) is 52.3 Å². The van der Waals surface area contributed by atoms with E-state index in [1.807, 2.05) is 0 Å². The van der Waals surface area contributed by atoms with Gasteiger partial charge in [0.1, 0.15) is 11.6 Å². The van der Waals surface area contributed by atoms with E-state index in [0.29, 0.717) is 17.1 Å². The van der Waals surface area contributed by atoms with Crippen molar-refractivity contribution in [1.82, 2.24) is 4.90 Å². The predicted octanol–water partition coefficient (Wildman–Crippen LogP) is 3.32. The van der Waals surface area contributed by atoms with Crippen molar-refractivity contribution in [2.75, 3.05) is 14.2 Å². The lowest BCUT2D eigenvalue weighted by atomic mass is 10.1. The lowest BCUT2D eigenvalue weighted by molar-refractivity contribution is -0.114. The number of carbonyl (C=O) groups excluding carboxylic acids is 2. The number of hydrogen-bond acceptors (Lipinski definition) is 10. The van der Waals surface area contributed by atoms with Crippen LogP contribution >= 0.6 is 11.9 Å². The zero-order valence-corrected chi connectivity index (χ0v) is 21.8. The summed E-state index contributed by atoms with van der Waals surface area (Å²) in [5.74, 6) is -0.528. The summed E-state index contributed by atoms with van der Waals surface area (Å²) in [6, 6.07) is 10.9. The van der Waals surface area contributed by atoms with E-state index in [0.717, 1.165) is 16.8 Å². The van der Waals surface area contributed by atoms with E-state index in [4.69, 9.17) is 19.6 Å². The first kappa shape index (κ1) is 26.1. The number of hydrogen-bond donors (Lipinski definition) is 1. The van der Waals surface area contributed by atoms with Crippen LogP contribution in [0.15, 0.2) is 57.4 Å². The van der Waals surface area contributed by atoms with E-state index < -0.39 is 27.0 Å². The first-order chi connectivity index (χ1) is 17.6. The predicted molar refractivity (Wildman–Crippen MR) is 140 cm³/mol. The minimum absolute atomic E-state index is 0.0174. The van der Waals surface area contributed by atoms with Gasteiger partial charge in [0.05, 0.1) is 42.6 Å². The van der Waals surface area contributed by atoms with Crippen molar-refractivity contribution in [3.8, 4) is 17.2 Å². The molecule has 0 aliphatic carbocycles. The van der Waals surface area contributed by atoms with Gasteiger partial charge in [0.15, 0.2) is 11.5 Å². The Labute approximate surface area is 217 Å². The maximum atomic E-state index is 12.7. The Hall–Kier alpha value is -3.97. The molecule has 0 fully saturated rings. The van der Waals surface area contributed by atoms with Gasteiger partial charge in [-0.2, -0.15) is 9.39 Å². The summed E-state index contributed by atoms with van der Waals surface area (Å²) in [7, 11) is -0.859. The number of ether oxygens (including phenoxy) is 3. The molecule has 0 saturated carbocycles. The average Bonchev–Trinajstić information content (AvgIpc) is 3.31. The summed E-state index contributed by atoms with van der Waals surface area (Å²) in [5.41, 5.74) is 0.666. The number of benzene rings is 2. The molecule has 13 heteroatoms. The number of esters is 1. The minimum Gasteiger partial charge on any atom is -0.493 e. The Morgan fingerprint density at radius 1 is 1.08 bits per heavy atom. The third-order valence-corrected chi connectivity index (χ3v) is 8.23. The van der Waals surface area contributed by atoms with Gasteiger partial charge in [-0.05, 0) is 55.8 Å². The Morgan fingerprint density at radius 3 is 2.38 bits per heavy atom. The summed E-state index contributed by atoms with van der Waals surface area (Å²) in [6.45, 7) is 3.01. The molecule has 0 saturated heterocycles.